The zero-order chi connectivity index (χ0) is 19.1. The Hall–Kier alpha value is 0.496. The van der Waals surface area contributed by atoms with Crippen molar-refractivity contribution in [1.82, 2.24) is 4.90 Å². The van der Waals surface area contributed by atoms with Gasteiger partial charge in [0.25, 0.3) is 0 Å². The first-order valence-corrected chi connectivity index (χ1v) is 9.66. The van der Waals surface area contributed by atoms with Crippen molar-refractivity contribution < 1.29 is 76.3 Å². The minimum atomic E-state index is -1.61. The number of aliphatic hydroxyl groups is 2. The smallest absolute Gasteiger partial charge is 0.549 e. The van der Waals surface area contributed by atoms with Crippen LogP contribution in [0.1, 0.15) is 78.1 Å². The van der Waals surface area contributed by atoms with E-state index in [2.05, 4.69) is 6.92 Å². The first kappa shape index (κ1) is 28.7. The molecule has 0 aliphatic carbocycles. The first-order valence-electron chi connectivity index (χ1n) is 9.66. The summed E-state index contributed by atoms with van der Waals surface area (Å²) in [4.78, 5) is 25.3. The van der Waals surface area contributed by atoms with E-state index in [4.69, 9.17) is 10.2 Å². The molecule has 0 saturated heterocycles. The van der Waals surface area contributed by atoms with Gasteiger partial charge in [-0.2, -0.15) is 0 Å². The molecule has 0 aromatic rings. The minimum Gasteiger partial charge on any atom is -0.549 e. The van der Waals surface area contributed by atoms with Crippen molar-refractivity contribution in [3.63, 3.8) is 0 Å². The molecule has 0 aliphatic heterocycles. The Morgan fingerprint density at radius 3 is 1.69 bits per heavy atom. The number of carboxylic acids is 1. The molecule has 0 aliphatic rings. The summed E-state index contributed by atoms with van der Waals surface area (Å²) in [5.74, 6) is -1.98. The van der Waals surface area contributed by atoms with Crippen LogP contribution in [0.4, 0.5) is 0 Å². The number of aliphatic hydroxyl groups excluding tert-OH is 2. The largest absolute Gasteiger partial charge is 1.00 e. The van der Waals surface area contributed by atoms with Crippen molar-refractivity contribution in [1.29, 1.82) is 0 Å². The van der Waals surface area contributed by atoms with E-state index in [0.717, 1.165) is 19.3 Å². The predicted octanol–water partition coefficient (Wildman–Crippen LogP) is -1.52. The van der Waals surface area contributed by atoms with Crippen LogP contribution in [0.3, 0.4) is 0 Å². The van der Waals surface area contributed by atoms with Crippen molar-refractivity contribution in [3.8, 4) is 0 Å². The van der Waals surface area contributed by atoms with E-state index in [1.807, 2.05) is 0 Å². The molecule has 1 atom stereocenters. The van der Waals surface area contributed by atoms with Gasteiger partial charge >= 0.3 is 51.4 Å². The van der Waals surface area contributed by atoms with Gasteiger partial charge in [-0.15, -0.1) is 0 Å². The summed E-state index contributed by atoms with van der Waals surface area (Å²) in [6.07, 6.45) is 10.2. The van der Waals surface area contributed by atoms with Gasteiger partial charge in [0.2, 0.25) is 5.91 Å². The second kappa shape index (κ2) is 17.6. The van der Waals surface area contributed by atoms with Crippen LogP contribution >= 0.6 is 0 Å². The molecule has 148 valence electrons. The Kier molecular flexibility index (Phi) is 19.4. The molecule has 0 heterocycles. The maximum atomic E-state index is 12.5. The number of hydrogen-bond donors (Lipinski definition) is 2. The number of carboxylic acid groups (broad SMARTS) is 1. The minimum absolute atomic E-state index is 0. The Balaban J connectivity index is 0. The fourth-order valence-electron chi connectivity index (χ4n) is 2.99. The van der Waals surface area contributed by atoms with Crippen LogP contribution in [0.25, 0.3) is 0 Å². The number of unbranched alkanes of at least 4 members (excludes halogenated alkanes) is 8. The van der Waals surface area contributed by atoms with Crippen LogP contribution in [0.2, 0.25) is 0 Å². The summed E-state index contributed by atoms with van der Waals surface area (Å²) in [6, 6.07) is 0. The van der Waals surface area contributed by atoms with Gasteiger partial charge < -0.3 is 25.0 Å². The van der Waals surface area contributed by atoms with Crippen molar-refractivity contribution in [2.24, 2.45) is 5.41 Å². The number of nitrogens with zero attached hydrogens (tertiary/aromatic N) is 1. The average molecular weight is 398 g/mol. The van der Waals surface area contributed by atoms with Gasteiger partial charge in [0.05, 0.1) is 24.6 Å². The summed E-state index contributed by atoms with van der Waals surface area (Å²) in [5, 5.41) is 29.6. The number of aliphatic carboxylic acids is 1. The molecule has 0 bridgehead atoms. The molecule has 0 fully saturated rings. The molecule has 0 saturated carbocycles. The summed E-state index contributed by atoms with van der Waals surface area (Å²) in [6.45, 7) is 3.06. The topological polar surface area (TPSA) is 101 Å². The fourth-order valence-corrected chi connectivity index (χ4v) is 2.99. The van der Waals surface area contributed by atoms with Gasteiger partial charge in [-0.25, -0.2) is 0 Å². The molecule has 2 N–H and O–H groups in total. The standard InChI is InChI=1S/C19H37NO5.K/c1-3-4-5-6-7-8-9-10-11-12-19(2,18(24)25)17(23)20(13-15-21)14-16-22;/h21-22H,3-16H2,1-2H3,(H,24,25);/q;+1/p-1. The summed E-state index contributed by atoms with van der Waals surface area (Å²) < 4.78 is 0. The molecular formula is C19H36KNO5. The van der Waals surface area contributed by atoms with Crippen LogP contribution in [-0.2, 0) is 9.59 Å². The quantitative estimate of drug-likeness (QED) is 0.187. The van der Waals surface area contributed by atoms with E-state index in [1.54, 1.807) is 0 Å². The molecule has 0 aromatic carbocycles. The van der Waals surface area contributed by atoms with E-state index in [0.29, 0.717) is 6.42 Å². The second-order valence-electron chi connectivity index (χ2n) is 6.94. The molecule has 1 unspecified atom stereocenters. The summed E-state index contributed by atoms with van der Waals surface area (Å²) in [5.41, 5.74) is -1.61. The van der Waals surface area contributed by atoms with Gasteiger partial charge in [0.15, 0.2) is 0 Å². The number of rotatable bonds is 16. The predicted molar refractivity (Wildman–Crippen MR) is 95.7 cm³/mol. The van der Waals surface area contributed by atoms with Crippen LogP contribution in [0.15, 0.2) is 0 Å². The third-order valence-corrected chi connectivity index (χ3v) is 4.73. The van der Waals surface area contributed by atoms with Gasteiger partial charge in [0, 0.05) is 13.1 Å². The maximum Gasteiger partial charge on any atom is 1.00 e. The molecule has 0 aromatic heterocycles. The zero-order valence-electron chi connectivity index (χ0n) is 17.0. The monoisotopic (exact) mass is 397 g/mol. The first-order chi connectivity index (χ1) is 11.9. The van der Waals surface area contributed by atoms with Crippen LogP contribution < -0.4 is 56.5 Å². The SMILES string of the molecule is CCCCCCCCCCCC(C)(C(=O)[O-])C(=O)N(CCO)CCO.[K+]. The van der Waals surface area contributed by atoms with Gasteiger partial charge in [-0.3, -0.25) is 4.79 Å². The van der Waals surface area contributed by atoms with Crippen molar-refractivity contribution in [3.05, 3.63) is 0 Å². The van der Waals surface area contributed by atoms with E-state index in [9.17, 15) is 14.7 Å². The van der Waals surface area contributed by atoms with Gasteiger partial charge in [-0.1, -0.05) is 64.7 Å². The Morgan fingerprint density at radius 2 is 1.31 bits per heavy atom. The van der Waals surface area contributed by atoms with E-state index < -0.39 is 17.3 Å². The number of amides is 1. The Morgan fingerprint density at radius 1 is 0.885 bits per heavy atom. The number of carbonyl (C=O) groups excluding carboxylic acids is 2. The molecule has 26 heavy (non-hydrogen) atoms. The molecule has 0 spiro atoms. The van der Waals surface area contributed by atoms with E-state index in [1.165, 1.54) is 43.9 Å². The summed E-state index contributed by atoms with van der Waals surface area (Å²) in [7, 11) is 0. The Labute approximate surface area is 201 Å². The second-order valence-corrected chi connectivity index (χ2v) is 6.94. The third kappa shape index (κ3) is 11.4. The van der Waals surface area contributed by atoms with E-state index in [-0.39, 0.29) is 84.1 Å². The summed E-state index contributed by atoms with van der Waals surface area (Å²) >= 11 is 0. The fraction of sp³-hybridized carbons (Fsp3) is 0.895. The molecule has 7 heteroatoms. The average Bonchev–Trinajstić information content (AvgIpc) is 2.59. The Bertz CT molecular complexity index is 375. The molecular weight excluding hydrogens is 361 g/mol. The molecule has 0 rings (SSSR count). The van der Waals surface area contributed by atoms with Gasteiger partial charge in [0.1, 0.15) is 0 Å². The normalized spacial score (nSPS) is 12.9. The number of hydrogen-bond acceptors (Lipinski definition) is 5. The van der Waals surface area contributed by atoms with E-state index >= 15 is 0 Å². The molecule has 6 nitrogen and oxygen atoms in total. The van der Waals surface area contributed by atoms with Crippen molar-refractivity contribution in [2.45, 2.75) is 78.1 Å². The third-order valence-electron chi connectivity index (χ3n) is 4.73. The van der Waals surface area contributed by atoms with Gasteiger partial charge in [-0.05, 0) is 13.3 Å². The van der Waals surface area contributed by atoms with Crippen molar-refractivity contribution in [2.75, 3.05) is 26.3 Å². The van der Waals surface area contributed by atoms with Crippen LogP contribution in [0.5, 0.6) is 0 Å². The van der Waals surface area contributed by atoms with Crippen LogP contribution in [0, 0.1) is 5.41 Å². The molecule has 0 radical (unpaired) electrons. The van der Waals surface area contributed by atoms with Crippen LogP contribution in [-0.4, -0.2) is 53.3 Å². The maximum absolute atomic E-state index is 12.5. The zero-order valence-corrected chi connectivity index (χ0v) is 20.1. The molecule has 1 amide bonds. The van der Waals surface area contributed by atoms with Crippen molar-refractivity contribution >= 4 is 11.9 Å². The number of carbonyl (C=O) groups is 2.